The Labute approximate surface area is 62.2 Å². The van der Waals surface area contributed by atoms with Crippen molar-refractivity contribution < 1.29 is 9.60 Å². The first-order valence-electron chi connectivity index (χ1n) is 2.84. The van der Waals surface area contributed by atoms with Gasteiger partial charge in [-0.25, -0.2) is 4.98 Å². The van der Waals surface area contributed by atoms with E-state index in [9.17, 15) is 4.39 Å². The molecule has 0 fully saturated rings. The minimum absolute atomic E-state index is 0.00463. The highest BCUT2D eigenvalue weighted by Gasteiger charge is 2.05. The van der Waals surface area contributed by atoms with Crippen molar-refractivity contribution in [2.24, 2.45) is 10.9 Å². The van der Waals surface area contributed by atoms with Crippen LogP contribution in [0.5, 0.6) is 0 Å². The second-order valence-electron chi connectivity index (χ2n) is 1.83. The van der Waals surface area contributed by atoms with Crippen LogP contribution in [0.3, 0.4) is 0 Å². The molecule has 0 saturated carbocycles. The van der Waals surface area contributed by atoms with E-state index < -0.39 is 5.95 Å². The zero-order valence-corrected chi connectivity index (χ0v) is 5.53. The van der Waals surface area contributed by atoms with Crippen molar-refractivity contribution in [3.8, 4) is 0 Å². The van der Waals surface area contributed by atoms with Crippen molar-refractivity contribution in [2.45, 2.75) is 0 Å². The highest BCUT2D eigenvalue weighted by molar-refractivity contribution is 5.96. The monoisotopic (exact) mass is 155 g/mol. The lowest BCUT2D eigenvalue weighted by Gasteiger charge is -1.96. The minimum Gasteiger partial charge on any atom is -0.409 e. The summed E-state index contributed by atoms with van der Waals surface area (Å²) in [4.78, 5) is 3.31. The van der Waals surface area contributed by atoms with E-state index in [1.807, 2.05) is 0 Å². The molecule has 0 unspecified atom stereocenters. The van der Waals surface area contributed by atoms with Gasteiger partial charge < -0.3 is 10.9 Å². The zero-order chi connectivity index (χ0) is 8.27. The fraction of sp³-hybridized carbons (Fsp3) is 0. The molecule has 0 aromatic carbocycles. The number of halogens is 1. The molecule has 1 rings (SSSR count). The molecule has 1 aromatic rings. The molecule has 0 bridgehead atoms. The summed E-state index contributed by atoms with van der Waals surface area (Å²) in [6, 6.07) is 2.87. The predicted octanol–water partition coefficient (Wildman–Crippen LogP) is 0.315. The Kier molecular flexibility index (Phi) is 2.00. The van der Waals surface area contributed by atoms with Gasteiger partial charge in [0.25, 0.3) is 0 Å². The van der Waals surface area contributed by atoms with E-state index in [1.165, 1.54) is 18.3 Å². The Hall–Kier alpha value is -1.65. The van der Waals surface area contributed by atoms with Crippen molar-refractivity contribution in [1.82, 2.24) is 4.98 Å². The van der Waals surface area contributed by atoms with Crippen LogP contribution in [0.1, 0.15) is 5.56 Å². The van der Waals surface area contributed by atoms with Crippen LogP contribution in [0.4, 0.5) is 4.39 Å². The van der Waals surface area contributed by atoms with Gasteiger partial charge in [0.2, 0.25) is 5.95 Å². The van der Waals surface area contributed by atoms with Crippen molar-refractivity contribution in [3.05, 3.63) is 29.8 Å². The van der Waals surface area contributed by atoms with Crippen LogP contribution in [0.2, 0.25) is 0 Å². The number of nitrogens with two attached hydrogens (primary N) is 1. The van der Waals surface area contributed by atoms with Gasteiger partial charge in [-0.2, -0.15) is 4.39 Å². The van der Waals surface area contributed by atoms with E-state index in [4.69, 9.17) is 10.9 Å². The minimum atomic E-state index is -0.747. The second kappa shape index (κ2) is 2.96. The normalized spacial score (nSPS) is 11.5. The smallest absolute Gasteiger partial charge is 0.223 e. The topological polar surface area (TPSA) is 71.5 Å². The summed E-state index contributed by atoms with van der Waals surface area (Å²) in [5, 5.41) is 10.8. The summed E-state index contributed by atoms with van der Waals surface area (Å²) in [7, 11) is 0. The Bertz CT molecular complexity index is 287. The van der Waals surface area contributed by atoms with E-state index >= 15 is 0 Å². The Morgan fingerprint density at radius 1 is 1.73 bits per heavy atom. The molecule has 0 aliphatic rings. The van der Waals surface area contributed by atoms with Crippen molar-refractivity contribution in [1.29, 1.82) is 0 Å². The quantitative estimate of drug-likeness (QED) is 0.201. The molecule has 4 nitrogen and oxygen atoms in total. The van der Waals surface area contributed by atoms with Crippen LogP contribution in [-0.4, -0.2) is 16.0 Å². The van der Waals surface area contributed by atoms with Crippen LogP contribution in [0.15, 0.2) is 23.5 Å². The zero-order valence-electron chi connectivity index (χ0n) is 5.53. The highest BCUT2D eigenvalue weighted by atomic mass is 19.1. The van der Waals surface area contributed by atoms with E-state index in [0.717, 1.165) is 0 Å². The van der Waals surface area contributed by atoms with E-state index in [0.29, 0.717) is 0 Å². The number of aromatic nitrogens is 1. The van der Waals surface area contributed by atoms with Gasteiger partial charge in [-0.05, 0) is 12.1 Å². The van der Waals surface area contributed by atoms with Gasteiger partial charge in [0.1, 0.15) is 0 Å². The number of hydrogen-bond donors (Lipinski definition) is 2. The van der Waals surface area contributed by atoms with Gasteiger partial charge in [-0.3, -0.25) is 0 Å². The lowest BCUT2D eigenvalue weighted by atomic mass is 10.2. The molecule has 1 heterocycles. The average molecular weight is 155 g/mol. The molecule has 58 valence electrons. The number of amidine groups is 1. The third-order valence-corrected chi connectivity index (χ3v) is 1.14. The molecule has 0 spiro atoms. The van der Waals surface area contributed by atoms with Crippen LogP contribution in [-0.2, 0) is 0 Å². The maximum Gasteiger partial charge on any atom is 0.223 e. The van der Waals surface area contributed by atoms with Gasteiger partial charge in [-0.15, -0.1) is 0 Å². The fourth-order valence-corrected chi connectivity index (χ4v) is 0.631. The van der Waals surface area contributed by atoms with E-state index in [-0.39, 0.29) is 11.4 Å². The molecule has 5 heteroatoms. The molecule has 1 aromatic heterocycles. The van der Waals surface area contributed by atoms with Crippen LogP contribution in [0.25, 0.3) is 0 Å². The third-order valence-electron chi connectivity index (χ3n) is 1.14. The first-order valence-corrected chi connectivity index (χ1v) is 2.84. The average Bonchev–Trinajstić information content (AvgIpc) is 2.04. The molecule has 0 radical (unpaired) electrons. The van der Waals surface area contributed by atoms with Crippen molar-refractivity contribution in [3.63, 3.8) is 0 Å². The standard InChI is InChI=1S/C6H6FN3O/c7-5-4(6(8)10-11)2-1-3-9-5/h1-3,11H,(H2,8,10). The van der Waals surface area contributed by atoms with Crippen LogP contribution >= 0.6 is 0 Å². The largest absolute Gasteiger partial charge is 0.409 e. The summed E-state index contributed by atoms with van der Waals surface area (Å²) in [6.45, 7) is 0. The Morgan fingerprint density at radius 2 is 2.45 bits per heavy atom. The van der Waals surface area contributed by atoms with Crippen molar-refractivity contribution >= 4 is 5.84 Å². The molecule has 0 aliphatic heterocycles. The highest BCUT2D eigenvalue weighted by Crippen LogP contribution is 2.01. The molecular weight excluding hydrogens is 149 g/mol. The second-order valence-corrected chi connectivity index (χ2v) is 1.83. The number of pyridine rings is 1. The van der Waals surface area contributed by atoms with E-state index in [2.05, 4.69) is 10.1 Å². The molecular formula is C6H6FN3O. The third kappa shape index (κ3) is 1.43. The van der Waals surface area contributed by atoms with Gasteiger partial charge in [0.15, 0.2) is 5.84 Å². The summed E-state index contributed by atoms with van der Waals surface area (Å²) in [6.07, 6.45) is 1.28. The summed E-state index contributed by atoms with van der Waals surface area (Å²) in [5.41, 5.74) is 5.11. The van der Waals surface area contributed by atoms with Gasteiger partial charge in [-0.1, -0.05) is 5.16 Å². The van der Waals surface area contributed by atoms with Gasteiger partial charge >= 0.3 is 0 Å². The lowest BCUT2D eigenvalue weighted by molar-refractivity contribution is 0.318. The Morgan fingerprint density at radius 3 is 3.00 bits per heavy atom. The SMILES string of the molecule is N/C(=N\O)c1cccnc1F. The van der Waals surface area contributed by atoms with Crippen molar-refractivity contribution in [2.75, 3.05) is 0 Å². The number of rotatable bonds is 1. The first-order chi connectivity index (χ1) is 5.25. The maximum absolute atomic E-state index is 12.6. The number of oxime groups is 1. The Balaban J connectivity index is 3.14. The molecule has 0 amide bonds. The molecule has 11 heavy (non-hydrogen) atoms. The summed E-state index contributed by atoms with van der Waals surface area (Å²) in [5.74, 6) is -1.03. The molecule has 0 aliphatic carbocycles. The number of nitrogens with zero attached hydrogens (tertiary/aromatic N) is 2. The molecule has 0 saturated heterocycles. The van der Waals surface area contributed by atoms with Crippen LogP contribution < -0.4 is 5.73 Å². The van der Waals surface area contributed by atoms with E-state index in [1.54, 1.807) is 0 Å². The van der Waals surface area contributed by atoms with Gasteiger partial charge in [0.05, 0.1) is 5.56 Å². The van der Waals surface area contributed by atoms with Crippen LogP contribution in [0, 0.1) is 5.95 Å². The summed E-state index contributed by atoms with van der Waals surface area (Å²) < 4.78 is 12.6. The predicted molar refractivity (Wildman–Crippen MR) is 36.7 cm³/mol. The fourth-order valence-electron chi connectivity index (χ4n) is 0.631. The van der Waals surface area contributed by atoms with Gasteiger partial charge in [0, 0.05) is 6.20 Å². The molecule has 0 atom stereocenters. The number of hydrogen-bond acceptors (Lipinski definition) is 3. The maximum atomic E-state index is 12.6. The molecule has 3 N–H and O–H groups in total. The summed E-state index contributed by atoms with van der Waals surface area (Å²) >= 11 is 0. The lowest BCUT2D eigenvalue weighted by Crippen LogP contribution is -2.15. The first kappa shape index (κ1) is 7.46.